The molecule has 1 aromatic heterocycles. The summed E-state index contributed by atoms with van der Waals surface area (Å²) >= 11 is 0. The monoisotopic (exact) mass is 272 g/mol. The molecule has 1 amide bonds. The Hall–Kier alpha value is -2.05. The van der Waals surface area contributed by atoms with Gasteiger partial charge >= 0.3 is 0 Å². The molecular formula is C14H16N4O2. The third-order valence-corrected chi connectivity index (χ3v) is 3.48. The van der Waals surface area contributed by atoms with Gasteiger partial charge in [0.05, 0.1) is 22.8 Å². The van der Waals surface area contributed by atoms with Crippen molar-refractivity contribution in [1.29, 1.82) is 0 Å². The second-order valence-corrected chi connectivity index (χ2v) is 5.08. The summed E-state index contributed by atoms with van der Waals surface area (Å²) < 4.78 is 0. The molecule has 0 bridgehead atoms. The van der Waals surface area contributed by atoms with Crippen LogP contribution in [0.3, 0.4) is 0 Å². The first kappa shape index (κ1) is 13.0. The standard InChI is InChI=1S/C14H16N4O2/c19-13(17-9-14(20)5-6-15-8-14)12-7-16-10-3-1-2-4-11(10)18-12/h1-4,7,15,20H,5-6,8-9H2,(H,17,19)/t14-/m0/s1. The molecule has 104 valence electrons. The van der Waals surface area contributed by atoms with Gasteiger partial charge < -0.3 is 15.7 Å². The van der Waals surface area contributed by atoms with Crippen LogP contribution in [0.15, 0.2) is 30.5 Å². The molecule has 2 aromatic rings. The molecule has 1 fully saturated rings. The maximum atomic E-state index is 12.0. The molecule has 1 aromatic carbocycles. The molecule has 6 nitrogen and oxygen atoms in total. The van der Waals surface area contributed by atoms with Gasteiger partial charge in [0, 0.05) is 13.1 Å². The van der Waals surface area contributed by atoms with Gasteiger partial charge in [-0.1, -0.05) is 12.1 Å². The van der Waals surface area contributed by atoms with Crippen LogP contribution in [0.25, 0.3) is 11.0 Å². The lowest BCUT2D eigenvalue weighted by atomic mass is 10.0. The van der Waals surface area contributed by atoms with Crippen LogP contribution in [0.5, 0.6) is 0 Å². The number of hydrogen-bond acceptors (Lipinski definition) is 5. The summed E-state index contributed by atoms with van der Waals surface area (Å²) in [6.07, 6.45) is 2.09. The largest absolute Gasteiger partial charge is 0.387 e. The predicted octanol–water partition coefficient (Wildman–Crippen LogP) is 0.0840. The first-order valence-corrected chi connectivity index (χ1v) is 6.59. The molecule has 6 heteroatoms. The van der Waals surface area contributed by atoms with Crippen molar-refractivity contribution in [2.24, 2.45) is 0 Å². The van der Waals surface area contributed by atoms with Crippen molar-refractivity contribution in [1.82, 2.24) is 20.6 Å². The summed E-state index contributed by atoms with van der Waals surface area (Å²) in [5.41, 5.74) is 0.835. The molecular weight excluding hydrogens is 256 g/mol. The second kappa shape index (κ2) is 5.15. The van der Waals surface area contributed by atoms with Gasteiger partial charge in [-0.2, -0.15) is 0 Å². The van der Waals surface area contributed by atoms with Crippen molar-refractivity contribution in [2.75, 3.05) is 19.6 Å². The SMILES string of the molecule is O=C(NC[C@]1(O)CCNC1)c1cnc2ccccc2n1. The van der Waals surface area contributed by atoms with Crippen molar-refractivity contribution in [2.45, 2.75) is 12.0 Å². The number of nitrogens with one attached hydrogen (secondary N) is 2. The van der Waals surface area contributed by atoms with E-state index in [2.05, 4.69) is 20.6 Å². The first-order chi connectivity index (χ1) is 9.66. The number of benzene rings is 1. The fourth-order valence-electron chi connectivity index (χ4n) is 2.28. The number of carbonyl (C=O) groups is 1. The van der Waals surface area contributed by atoms with Crippen molar-refractivity contribution in [3.63, 3.8) is 0 Å². The topological polar surface area (TPSA) is 87.1 Å². The van der Waals surface area contributed by atoms with E-state index in [-0.39, 0.29) is 18.1 Å². The van der Waals surface area contributed by atoms with Crippen LogP contribution in [0.2, 0.25) is 0 Å². The van der Waals surface area contributed by atoms with Gasteiger partial charge in [-0.15, -0.1) is 0 Å². The molecule has 0 aliphatic carbocycles. The van der Waals surface area contributed by atoms with E-state index in [1.165, 1.54) is 6.20 Å². The molecule has 2 heterocycles. The minimum atomic E-state index is -0.861. The summed E-state index contributed by atoms with van der Waals surface area (Å²) in [6, 6.07) is 7.38. The van der Waals surface area contributed by atoms with Gasteiger partial charge in [-0.25, -0.2) is 4.98 Å². The normalized spacial score (nSPS) is 22.1. The Morgan fingerprint density at radius 2 is 2.20 bits per heavy atom. The molecule has 20 heavy (non-hydrogen) atoms. The number of fused-ring (bicyclic) bond motifs is 1. The van der Waals surface area contributed by atoms with Gasteiger partial charge in [0.2, 0.25) is 0 Å². The number of aliphatic hydroxyl groups is 1. The van der Waals surface area contributed by atoms with Crippen molar-refractivity contribution in [3.8, 4) is 0 Å². The lowest BCUT2D eigenvalue weighted by Gasteiger charge is -2.21. The Labute approximate surface area is 116 Å². The lowest BCUT2D eigenvalue weighted by molar-refractivity contribution is 0.0560. The first-order valence-electron chi connectivity index (χ1n) is 6.59. The van der Waals surface area contributed by atoms with Gasteiger partial charge in [-0.05, 0) is 25.1 Å². The molecule has 3 N–H and O–H groups in total. The zero-order chi connectivity index (χ0) is 14.0. The smallest absolute Gasteiger partial charge is 0.271 e. The van der Waals surface area contributed by atoms with Crippen LogP contribution in [0.1, 0.15) is 16.9 Å². The number of nitrogens with zero attached hydrogens (tertiary/aromatic N) is 2. The Balaban J connectivity index is 1.72. The average Bonchev–Trinajstić information content (AvgIpc) is 2.91. The van der Waals surface area contributed by atoms with Crippen LogP contribution >= 0.6 is 0 Å². The van der Waals surface area contributed by atoms with E-state index in [0.29, 0.717) is 18.5 Å². The summed E-state index contributed by atoms with van der Waals surface area (Å²) in [4.78, 5) is 20.5. The number of rotatable bonds is 3. The van der Waals surface area contributed by atoms with Crippen molar-refractivity contribution >= 4 is 16.9 Å². The summed E-state index contributed by atoms with van der Waals surface area (Å²) in [5, 5.41) is 15.9. The van der Waals surface area contributed by atoms with E-state index in [1.807, 2.05) is 24.3 Å². The van der Waals surface area contributed by atoms with E-state index < -0.39 is 5.60 Å². The fourth-order valence-corrected chi connectivity index (χ4v) is 2.28. The number of aromatic nitrogens is 2. The molecule has 0 unspecified atom stereocenters. The highest BCUT2D eigenvalue weighted by molar-refractivity contribution is 5.93. The van der Waals surface area contributed by atoms with Gasteiger partial charge in [0.15, 0.2) is 0 Å². The summed E-state index contributed by atoms with van der Waals surface area (Å²) in [5.74, 6) is -0.316. The summed E-state index contributed by atoms with van der Waals surface area (Å²) in [6.45, 7) is 1.48. The number of carbonyl (C=O) groups excluding carboxylic acids is 1. The minimum Gasteiger partial charge on any atom is -0.387 e. The highest BCUT2D eigenvalue weighted by Crippen LogP contribution is 2.13. The molecule has 3 rings (SSSR count). The third kappa shape index (κ3) is 2.61. The Bertz CT molecular complexity index is 638. The van der Waals surface area contributed by atoms with Crippen molar-refractivity contribution < 1.29 is 9.90 Å². The molecule has 1 aliphatic heterocycles. The molecule has 0 saturated carbocycles. The maximum Gasteiger partial charge on any atom is 0.271 e. The van der Waals surface area contributed by atoms with E-state index in [0.717, 1.165) is 12.1 Å². The maximum absolute atomic E-state index is 12.0. The van der Waals surface area contributed by atoms with Gasteiger partial charge in [0.25, 0.3) is 5.91 Å². The fraction of sp³-hybridized carbons (Fsp3) is 0.357. The Morgan fingerprint density at radius 3 is 2.95 bits per heavy atom. The van der Waals surface area contributed by atoms with Crippen LogP contribution < -0.4 is 10.6 Å². The zero-order valence-electron chi connectivity index (χ0n) is 11.0. The predicted molar refractivity (Wildman–Crippen MR) is 74.3 cm³/mol. The Morgan fingerprint density at radius 1 is 1.40 bits per heavy atom. The number of amides is 1. The minimum absolute atomic E-state index is 0.216. The van der Waals surface area contributed by atoms with E-state index >= 15 is 0 Å². The van der Waals surface area contributed by atoms with Gasteiger partial charge in [-0.3, -0.25) is 9.78 Å². The zero-order valence-corrected chi connectivity index (χ0v) is 11.0. The molecule has 1 atom stereocenters. The molecule has 0 radical (unpaired) electrons. The highest BCUT2D eigenvalue weighted by atomic mass is 16.3. The molecule has 1 saturated heterocycles. The number of β-amino-alcohol motifs (C(OH)–C–C–N with tert-alkyl or cyclic N) is 1. The van der Waals surface area contributed by atoms with Gasteiger partial charge in [0.1, 0.15) is 5.69 Å². The second-order valence-electron chi connectivity index (χ2n) is 5.08. The van der Waals surface area contributed by atoms with E-state index in [9.17, 15) is 9.90 Å². The number of hydrogen-bond donors (Lipinski definition) is 3. The van der Waals surface area contributed by atoms with Crippen LogP contribution in [-0.2, 0) is 0 Å². The van der Waals surface area contributed by atoms with E-state index in [4.69, 9.17) is 0 Å². The Kier molecular flexibility index (Phi) is 3.33. The van der Waals surface area contributed by atoms with Crippen LogP contribution in [0, 0.1) is 0 Å². The number of para-hydroxylation sites is 2. The molecule has 1 aliphatic rings. The van der Waals surface area contributed by atoms with Crippen molar-refractivity contribution in [3.05, 3.63) is 36.2 Å². The van der Waals surface area contributed by atoms with Crippen LogP contribution in [0.4, 0.5) is 0 Å². The van der Waals surface area contributed by atoms with E-state index in [1.54, 1.807) is 0 Å². The third-order valence-electron chi connectivity index (χ3n) is 3.48. The molecule has 0 spiro atoms. The van der Waals surface area contributed by atoms with Crippen LogP contribution in [-0.4, -0.2) is 46.2 Å². The average molecular weight is 272 g/mol. The quantitative estimate of drug-likeness (QED) is 0.737. The summed E-state index contributed by atoms with van der Waals surface area (Å²) in [7, 11) is 0. The highest BCUT2D eigenvalue weighted by Gasteiger charge is 2.31. The lowest BCUT2D eigenvalue weighted by Crippen LogP contribution is -2.44.